The topological polar surface area (TPSA) is 100 Å². The SMILES string of the molecule is CC(Sc1ccc(NC(=O)/C(=C/c2cccc3ccccc23)NC(=O)c2ccccc2)cc1)C(=O)Nc1nc2ccccc2s1. The Labute approximate surface area is 268 Å². The maximum absolute atomic E-state index is 13.6. The van der Waals surface area contributed by atoms with Gasteiger partial charge in [0.05, 0.1) is 15.5 Å². The van der Waals surface area contributed by atoms with Crippen LogP contribution in [0, 0.1) is 0 Å². The molecule has 3 amide bonds. The summed E-state index contributed by atoms with van der Waals surface area (Å²) in [4.78, 5) is 44.8. The first-order valence-electron chi connectivity index (χ1n) is 14.2. The third-order valence-electron chi connectivity index (χ3n) is 6.97. The van der Waals surface area contributed by atoms with Crippen molar-refractivity contribution in [3.05, 3.63) is 138 Å². The monoisotopic (exact) mass is 628 g/mol. The van der Waals surface area contributed by atoms with Crippen molar-refractivity contribution in [1.82, 2.24) is 10.3 Å². The molecule has 1 atom stereocenters. The predicted octanol–water partition coefficient (Wildman–Crippen LogP) is 7.98. The average Bonchev–Trinajstić information content (AvgIpc) is 3.48. The number of hydrogen-bond acceptors (Lipinski definition) is 6. The Morgan fingerprint density at radius 2 is 1.49 bits per heavy atom. The quantitative estimate of drug-likeness (QED) is 0.111. The molecule has 7 nitrogen and oxygen atoms in total. The van der Waals surface area contributed by atoms with Crippen LogP contribution in [0.2, 0.25) is 0 Å². The molecule has 3 N–H and O–H groups in total. The van der Waals surface area contributed by atoms with E-state index in [-0.39, 0.29) is 22.8 Å². The zero-order chi connectivity index (χ0) is 31.2. The molecule has 6 rings (SSSR count). The fraction of sp³-hybridized carbons (Fsp3) is 0.0556. The van der Waals surface area contributed by atoms with E-state index in [9.17, 15) is 14.4 Å². The zero-order valence-corrected chi connectivity index (χ0v) is 25.8. The van der Waals surface area contributed by atoms with Crippen molar-refractivity contribution in [2.45, 2.75) is 17.1 Å². The standard InChI is InChI=1S/C36H28N4O3S2/c1-23(33(41)40-36-39-30-16-7-8-17-32(30)45-36)44-28-20-18-27(19-21-28)37-35(43)31(38-34(42)25-11-3-2-4-12-25)22-26-14-9-13-24-10-5-6-15-29(24)26/h2-23H,1H3,(H,37,43)(H,38,42)(H,39,40,41)/b31-22-. The van der Waals surface area contributed by atoms with Crippen LogP contribution in [-0.4, -0.2) is 28.0 Å². The highest BCUT2D eigenvalue weighted by Crippen LogP contribution is 2.29. The summed E-state index contributed by atoms with van der Waals surface area (Å²) in [5, 5.41) is 10.8. The number of carbonyl (C=O) groups is 3. The van der Waals surface area contributed by atoms with Crippen molar-refractivity contribution in [2.75, 3.05) is 10.6 Å². The average molecular weight is 629 g/mol. The lowest BCUT2D eigenvalue weighted by Crippen LogP contribution is -2.30. The molecule has 0 aliphatic carbocycles. The molecule has 222 valence electrons. The van der Waals surface area contributed by atoms with Crippen LogP contribution >= 0.6 is 23.1 Å². The van der Waals surface area contributed by atoms with Gasteiger partial charge in [-0.1, -0.05) is 84.1 Å². The highest BCUT2D eigenvalue weighted by molar-refractivity contribution is 8.00. The number of carbonyl (C=O) groups excluding carboxylic acids is 3. The molecule has 0 saturated carbocycles. The number of amides is 3. The number of anilines is 2. The highest BCUT2D eigenvalue weighted by atomic mass is 32.2. The van der Waals surface area contributed by atoms with Crippen molar-refractivity contribution in [1.29, 1.82) is 0 Å². The molecule has 0 saturated heterocycles. The van der Waals surface area contributed by atoms with E-state index in [0.29, 0.717) is 16.4 Å². The molecule has 45 heavy (non-hydrogen) atoms. The van der Waals surface area contributed by atoms with Crippen LogP contribution < -0.4 is 16.0 Å². The molecule has 1 unspecified atom stereocenters. The third-order valence-corrected chi connectivity index (χ3v) is 9.03. The summed E-state index contributed by atoms with van der Waals surface area (Å²) in [6.45, 7) is 1.84. The van der Waals surface area contributed by atoms with Gasteiger partial charge >= 0.3 is 0 Å². The molecular weight excluding hydrogens is 601 g/mol. The van der Waals surface area contributed by atoms with Gasteiger partial charge in [-0.2, -0.15) is 0 Å². The number of aromatic nitrogens is 1. The van der Waals surface area contributed by atoms with E-state index in [0.717, 1.165) is 31.4 Å². The number of hydrogen-bond donors (Lipinski definition) is 3. The second-order valence-corrected chi connectivity index (χ2v) is 12.6. The summed E-state index contributed by atoms with van der Waals surface area (Å²) in [6.07, 6.45) is 1.69. The second kappa shape index (κ2) is 13.6. The molecule has 0 spiro atoms. The van der Waals surface area contributed by atoms with E-state index < -0.39 is 5.91 Å². The summed E-state index contributed by atoms with van der Waals surface area (Å²) < 4.78 is 1.01. The van der Waals surface area contributed by atoms with Gasteiger partial charge in [-0.25, -0.2) is 4.98 Å². The lowest BCUT2D eigenvalue weighted by atomic mass is 10.0. The van der Waals surface area contributed by atoms with Crippen LogP contribution in [0.15, 0.2) is 132 Å². The van der Waals surface area contributed by atoms with E-state index in [1.54, 1.807) is 42.5 Å². The molecule has 0 bridgehead atoms. The van der Waals surface area contributed by atoms with Crippen molar-refractivity contribution in [3.63, 3.8) is 0 Å². The number of nitrogens with one attached hydrogen (secondary N) is 3. The number of rotatable bonds is 9. The number of thiazole rings is 1. The number of benzene rings is 5. The normalized spacial score (nSPS) is 12.1. The van der Waals surface area contributed by atoms with E-state index in [2.05, 4.69) is 20.9 Å². The maximum atomic E-state index is 13.6. The van der Waals surface area contributed by atoms with Crippen LogP contribution in [0.5, 0.6) is 0 Å². The summed E-state index contributed by atoms with van der Waals surface area (Å²) in [5.74, 6) is -0.993. The van der Waals surface area contributed by atoms with Crippen molar-refractivity contribution in [3.8, 4) is 0 Å². The number of fused-ring (bicyclic) bond motifs is 2. The van der Waals surface area contributed by atoms with Gasteiger partial charge in [0.25, 0.3) is 11.8 Å². The van der Waals surface area contributed by atoms with E-state index in [1.165, 1.54) is 23.1 Å². The molecule has 0 radical (unpaired) electrons. The van der Waals surface area contributed by atoms with Gasteiger partial charge in [-0.05, 0) is 77.9 Å². The first kappa shape index (κ1) is 29.8. The van der Waals surface area contributed by atoms with Crippen LogP contribution in [0.4, 0.5) is 10.8 Å². The van der Waals surface area contributed by atoms with Gasteiger partial charge < -0.3 is 16.0 Å². The molecule has 6 aromatic rings. The molecule has 0 aliphatic rings. The molecule has 0 aliphatic heterocycles. The molecule has 9 heteroatoms. The number of para-hydroxylation sites is 1. The van der Waals surface area contributed by atoms with E-state index in [1.807, 2.05) is 91.9 Å². The van der Waals surface area contributed by atoms with Gasteiger partial charge in [-0.15, -0.1) is 11.8 Å². The number of thioether (sulfide) groups is 1. The van der Waals surface area contributed by atoms with Gasteiger partial charge in [0.1, 0.15) is 5.70 Å². The maximum Gasteiger partial charge on any atom is 0.272 e. The number of nitrogens with zero attached hydrogens (tertiary/aromatic N) is 1. The molecular formula is C36H28N4O3S2. The van der Waals surface area contributed by atoms with Gasteiger partial charge in [-0.3, -0.25) is 14.4 Å². The third kappa shape index (κ3) is 7.29. The Bertz CT molecular complexity index is 2000. The van der Waals surface area contributed by atoms with E-state index in [4.69, 9.17) is 0 Å². The largest absolute Gasteiger partial charge is 0.321 e. The second-order valence-electron chi connectivity index (χ2n) is 10.2. The Kier molecular flexibility index (Phi) is 9.00. The summed E-state index contributed by atoms with van der Waals surface area (Å²) in [5.41, 5.74) is 2.76. The molecule has 0 fully saturated rings. The lowest BCUT2D eigenvalue weighted by Gasteiger charge is -2.13. The predicted molar refractivity (Wildman–Crippen MR) is 184 cm³/mol. The summed E-state index contributed by atoms with van der Waals surface area (Å²) >= 11 is 2.84. The molecule has 1 heterocycles. The van der Waals surface area contributed by atoms with Crippen molar-refractivity contribution >= 4 is 78.7 Å². The Morgan fingerprint density at radius 3 is 2.29 bits per heavy atom. The van der Waals surface area contributed by atoms with Crippen LogP contribution in [0.3, 0.4) is 0 Å². The molecule has 1 aromatic heterocycles. The van der Waals surface area contributed by atoms with Gasteiger partial charge in [0.15, 0.2) is 5.13 Å². The minimum Gasteiger partial charge on any atom is -0.321 e. The van der Waals surface area contributed by atoms with Crippen molar-refractivity contribution < 1.29 is 14.4 Å². The summed E-state index contributed by atoms with van der Waals surface area (Å²) in [7, 11) is 0. The Balaban J connectivity index is 1.15. The Morgan fingerprint density at radius 1 is 0.778 bits per heavy atom. The zero-order valence-electron chi connectivity index (χ0n) is 24.2. The smallest absolute Gasteiger partial charge is 0.272 e. The van der Waals surface area contributed by atoms with Gasteiger partial charge in [0, 0.05) is 16.1 Å². The fourth-order valence-electron chi connectivity index (χ4n) is 4.68. The Hall–Kier alpha value is -5.25. The van der Waals surface area contributed by atoms with Crippen LogP contribution in [0.1, 0.15) is 22.8 Å². The lowest BCUT2D eigenvalue weighted by molar-refractivity contribution is -0.115. The van der Waals surface area contributed by atoms with Crippen LogP contribution in [-0.2, 0) is 9.59 Å². The van der Waals surface area contributed by atoms with Crippen molar-refractivity contribution in [2.24, 2.45) is 0 Å². The summed E-state index contributed by atoms with van der Waals surface area (Å²) in [6, 6.07) is 37.4. The first-order valence-corrected chi connectivity index (χ1v) is 15.9. The fourth-order valence-corrected chi connectivity index (χ4v) is 6.42. The molecule has 5 aromatic carbocycles. The first-order chi connectivity index (χ1) is 21.9. The van der Waals surface area contributed by atoms with Crippen LogP contribution in [0.25, 0.3) is 27.1 Å². The minimum absolute atomic E-state index is 0.110. The minimum atomic E-state index is -0.462. The highest BCUT2D eigenvalue weighted by Gasteiger charge is 2.18. The van der Waals surface area contributed by atoms with Gasteiger partial charge in [0.2, 0.25) is 5.91 Å². The van der Waals surface area contributed by atoms with E-state index >= 15 is 0 Å².